The average Bonchev–Trinajstić information content (AvgIpc) is 3.47. The van der Waals surface area contributed by atoms with Gasteiger partial charge in [-0.25, -0.2) is 4.98 Å². The van der Waals surface area contributed by atoms with Crippen LogP contribution < -0.4 is 0 Å². The van der Waals surface area contributed by atoms with Gasteiger partial charge < -0.3 is 0 Å². The van der Waals surface area contributed by atoms with Crippen LogP contribution >= 0.6 is 0 Å². The standard InChI is InChI=1S/C29H28N2.2C2H6/c1-5-18(3)29(4,6-2)23-16-15-21-19-11-7-8-12-20(19)22-17-31-25-14-10-9-13-24(25)30-28(31)27(23)26(21)22;2*1-2/h7-18H,5-6H2,1-4H3;2*1-2H3. The predicted octanol–water partition coefficient (Wildman–Crippen LogP) is 10.2. The number of aromatic nitrogens is 2. The van der Waals surface area contributed by atoms with Gasteiger partial charge in [-0.3, -0.25) is 4.40 Å². The molecule has 0 aliphatic rings. The third kappa shape index (κ3) is 3.57. The Bertz CT molecular complexity index is 1590. The first-order valence-electron chi connectivity index (χ1n) is 13.5. The van der Waals surface area contributed by atoms with E-state index in [2.05, 4.69) is 99.0 Å². The monoisotopic (exact) mass is 464 g/mol. The maximum Gasteiger partial charge on any atom is 0.146 e. The zero-order valence-corrected chi connectivity index (χ0v) is 22.7. The molecule has 0 saturated carbocycles. The average molecular weight is 465 g/mol. The minimum absolute atomic E-state index is 0.0965. The molecule has 0 spiro atoms. The molecule has 0 N–H and O–H groups in total. The van der Waals surface area contributed by atoms with Gasteiger partial charge in [0.25, 0.3) is 0 Å². The van der Waals surface area contributed by atoms with Gasteiger partial charge in [-0.2, -0.15) is 0 Å². The highest BCUT2D eigenvalue weighted by Crippen LogP contribution is 2.47. The number of hydrogen-bond acceptors (Lipinski definition) is 1. The Balaban J connectivity index is 0.000000689. The quantitative estimate of drug-likeness (QED) is 0.254. The van der Waals surface area contributed by atoms with Gasteiger partial charge in [0.05, 0.1) is 11.0 Å². The van der Waals surface area contributed by atoms with Crippen molar-refractivity contribution < 1.29 is 0 Å². The number of benzene rings is 3. The van der Waals surface area contributed by atoms with Gasteiger partial charge >= 0.3 is 0 Å². The van der Waals surface area contributed by atoms with Crippen molar-refractivity contribution in [1.82, 2.24) is 9.38 Å². The van der Waals surface area contributed by atoms with Crippen molar-refractivity contribution >= 4 is 49.0 Å². The zero-order valence-electron chi connectivity index (χ0n) is 22.7. The first-order chi connectivity index (χ1) is 17.1. The number of pyridine rings is 1. The van der Waals surface area contributed by atoms with Gasteiger partial charge in [0, 0.05) is 22.4 Å². The molecule has 35 heavy (non-hydrogen) atoms. The summed E-state index contributed by atoms with van der Waals surface area (Å²) in [5.74, 6) is 0.586. The highest BCUT2D eigenvalue weighted by molar-refractivity contribution is 6.32. The largest absolute Gasteiger partial charge is 0.298 e. The topological polar surface area (TPSA) is 17.3 Å². The predicted molar refractivity (Wildman–Crippen MR) is 156 cm³/mol. The molecular weight excluding hydrogens is 424 g/mol. The Morgan fingerprint density at radius 1 is 0.771 bits per heavy atom. The van der Waals surface area contributed by atoms with E-state index in [4.69, 9.17) is 4.98 Å². The van der Waals surface area contributed by atoms with Crippen LogP contribution in [0, 0.1) is 5.92 Å². The molecule has 0 amide bonds. The zero-order chi connectivity index (χ0) is 25.3. The molecule has 4 aromatic carbocycles. The summed E-state index contributed by atoms with van der Waals surface area (Å²) in [4.78, 5) is 5.17. The Kier molecular flexibility index (Phi) is 7.03. The Hall–Kier alpha value is -3.13. The maximum atomic E-state index is 5.17. The van der Waals surface area contributed by atoms with Gasteiger partial charge in [-0.15, -0.1) is 0 Å². The maximum absolute atomic E-state index is 5.17. The molecule has 2 atom stereocenters. The third-order valence-corrected chi connectivity index (χ3v) is 8.11. The lowest BCUT2D eigenvalue weighted by Crippen LogP contribution is -2.29. The molecular formula is C33H40N2. The smallest absolute Gasteiger partial charge is 0.146 e. The molecule has 2 heterocycles. The molecule has 0 saturated heterocycles. The summed E-state index contributed by atoms with van der Waals surface area (Å²) in [6.07, 6.45) is 4.60. The fourth-order valence-electron chi connectivity index (χ4n) is 5.77. The van der Waals surface area contributed by atoms with E-state index in [1.807, 2.05) is 27.7 Å². The van der Waals surface area contributed by atoms with Crippen LogP contribution in [0.15, 0.2) is 66.9 Å². The van der Waals surface area contributed by atoms with E-state index in [9.17, 15) is 0 Å². The lowest BCUT2D eigenvalue weighted by molar-refractivity contribution is 0.298. The molecule has 6 aromatic rings. The SMILES string of the molecule is CC.CC.CCC(C)C(C)(CC)c1ccc2c3ccccc3c3cn4c5ccccc5nc4c1c23. The van der Waals surface area contributed by atoms with E-state index in [0.717, 1.165) is 17.6 Å². The molecule has 0 bridgehead atoms. The Morgan fingerprint density at radius 2 is 1.40 bits per heavy atom. The van der Waals surface area contributed by atoms with Crippen LogP contribution in [0.5, 0.6) is 0 Å². The normalized spacial score (nSPS) is 14.1. The number of nitrogens with zero attached hydrogens (tertiary/aromatic N) is 2. The third-order valence-electron chi connectivity index (χ3n) is 8.11. The molecule has 2 aromatic heterocycles. The van der Waals surface area contributed by atoms with Crippen molar-refractivity contribution in [1.29, 1.82) is 0 Å². The summed E-state index contributed by atoms with van der Waals surface area (Å²) in [6.45, 7) is 17.5. The van der Waals surface area contributed by atoms with Crippen LogP contribution in [0.2, 0.25) is 0 Å². The number of fused-ring (bicyclic) bond motifs is 7. The van der Waals surface area contributed by atoms with Crippen molar-refractivity contribution in [3.8, 4) is 0 Å². The van der Waals surface area contributed by atoms with Gasteiger partial charge in [-0.1, -0.05) is 110 Å². The molecule has 2 unspecified atom stereocenters. The van der Waals surface area contributed by atoms with Gasteiger partial charge in [0.2, 0.25) is 0 Å². The molecule has 2 heteroatoms. The van der Waals surface area contributed by atoms with E-state index in [1.165, 1.54) is 49.8 Å². The molecule has 0 fully saturated rings. The molecule has 6 rings (SSSR count). The molecule has 182 valence electrons. The second-order valence-corrected chi connectivity index (χ2v) is 9.37. The van der Waals surface area contributed by atoms with Crippen LogP contribution in [0.4, 0.5) is 0 Å². The van der Waals surface area contributed by atoms with Crippen molar-refractivity contribution in [3.05, 3.63) is 72.4 Å². The Labute approximate surface area is 210 Å². The molecule has 0 aliphatic heterocycles. The van der Waals surface area contributed by atoms with Crippen molar-refractivity contribution in [2.75, 3.05) is 0 Å². The van der Waals surface area contributed by atoms with E-state index in [0.29, 0.717) is 5.92 Å². The minimum atomic E-state index is 0.0965. The summed E-state index contributed by atoms with van der Waals surface area (Å²) in [7, 11) is 0. The minimum Gasteiger partial charge on any atom is -0.298 e. The van der Waals surface area contributed by atoms with E-state index >= 15 is 0 Å². The van der Waals surface area contributed by atoms with Gasteiger partial charge in [0.1, 0.15) is 5.65 Å². The van der Waals surface area contributed by atoms with Crippen LogP contribution in [-0.2, 0) is 5.41 Å². The van der Waals surface area contributed by atoms with Crippen LogP contribution in [0.25, 0.3) is 49.0 Å². The number of imidazole rings is 1. The second kappa shape index (κ2) is 9.85. The van der Waals surface area contributed by atoms with Gasteiger partial charge in [0.15, 0.2) is 0 Å². The number of para-hydroxylation sites is 2. The summed E-state index contributed by atoms with van der Waals surface area (Å²) < 4.78 is 2.33. The summed E-state index contributed by atoms with van der Waals surface area (Å²) in [6, 6.07) is 22.1. The van der Waals surface area contributed by atoms with E-state index in [1.54, 1.807) is 0 Å². The summed E-state index contributed by atoms with van der Waals surface area (Å²) in [5.41, 5.74) is 4.87. The van der Waals surface area contributed by atoms with Crippen molar-refractivity contribution in [2.45, 2.75) is 73.6 Å². The summed E-state index contributed by atoms with van der Waals surface area (Å²) >= 11 is 0. The number of hydrogen-bond donors (Lipinski definition) is 0. The van der Waals surface area contributed by atoms with E-state index < -0.39 is 0 Å². The van der Waals surface area contributed by atoms with Crippen LogP contribution in [0.3, 0.4) is 0 Å². The fraction of sp³-hybridized carbons (Fsp3) is 0.364. The van der Waals surface area contributed by atoms with E-state index in [-0.39, 0.29) is 5.41 Å². The first-order valence-corrected chi connectivity index (χ1v) is 13.5. The summed E-state index contributed by atoms with van der Waals surface area (Å²) in [5, 5.41) is 8.08. The number of rotatable bonds is 4. The van der Waals surface area contributed by atoms with Gasteiger partial charge in [-0.05, 0) is 51.6 Å². The highest BCUT2D eigenvalue weighted by Gasteiger charge is 2.33. The lowest BCUT2D eigenvalue weighted by atomic mass is 9.68. The van der Waals surface area contributed by atoms with Crippen molar-refractivity contribution in [3.63, 3.8) is 0 Å². The Morgan fingerprint density at radius 3 is 2.06 bits per heavy atom. The fourth-order valence-corrected chi connectivity index (χ4v) is 5.77. The lowest BCUT2D eigenvalue weighted by Gasteiger charge is -2.36. The second-order valence-electron chi connectivity index (χ2n) is 9.37. The molecule has 0 aliphatic carbocycles. The highest BCUT2D eigenvalue weighted by atomic mass is 15.0. The van der Waals surface area contributed by atoms with Crippen molar-refractivity contribution in [2.24, 2.45) is 5.92 Å². The van der Waals surface area contributed by atoms with Crippen LogP contribution in [-0.4, -0.2) is 9.38 Å². The first kappa shape index (κ1) is 25.0. The molecule has 0 radical (unpaired) electrons. The molecule has 2 nitrogen and oxygen atoms in total. The van der Waals surface area contributed by atoms with Crippen LogP contribution in [0.1, 0.15) is 73.8 Å².